The molecule has 2 aliphatic rings. The topological polar surface area (TPSA) is 103 Å². The first-order valence-electron chi connectivity index (χ1n) is 8.61. The maximum Gasteiger partial charge on any atom is 0.410 e. The SMILES string of the molecule is C=C/C=C(\C(=C)C#N)N1C(=O)NC2(CCN(C(=O)OC(C)(C)C)CC2)C1=O. The molecule has 0 aromatic carbocycles. The van der Waals surface area contributed by atoms with E-state index in [2.05, 4.69) is 18.5 Å². The first-order chi connectivity index (χ1) is 12.5. The van der Waals surface area contributed by atoms with Gasteiger partial charge in [0.05, 0.1) is 11.3 Å². The van der Waals surface area contributed by atoms with Crippen molar-refractivity contribution in [1.29, 1.82) is 5.26 Å². The lowest BCUT2D eigenvalue weighted by atomic mass is 9.87. The third-order valence-corrected chi connectivity index (χ3v) is 4.39. The van der Waals surface area contributed by atoms with E-state index in [0.717, 1.165) is 4.90 Å². The van der Waals surface area contributed by atoms with Gasteiger partial charge in [-0.1, -0.05) is 19.2 Å². The third-order valence-electron chi connectivity index (χ3n) is 4.39. The average molecular weight is 372 g/mol. The summed E-state index contributed by atoms with van der Waals surface area (Å²) in [5, 5.41) is 11.8. The molecule has 1 spiro atoms. The molecule has 8 nitrogen and oxygen atoms in total. The molecule has 0 atom stereocenters. The van der Waals surface area contributed by atoms with Crippen molar-refractivity contribution >= 4 is 18.0 Å². The lowest BCUT2D eigenvalue weighted by Gasteiger charge is -2.37. The Morgan fingerprint density at radius 1 is 1.33 bits per heavy atom. The van der Waals surface area contributed by atoms with Crippen LogP contribution < -0.4 is 5.32 Å². The minimum atomic E-state index is -1.11. The summed E-state index contributed by atoms with van der Waals surface area (Å²) in [6, 6.07) is 1.23. The van der Waals surface area contributed by atoms with Crippen molar-refractivity contribution in [3.8, 4) is 6.07 Å². The minimum Gasteiger partial charge on any atom is -0.444 e. The number of imide groups is 1. The Kier molecular flexibility index (Phi) is 5.45. The maximum absolute atomic E-state index is 13.0. The van der Waals surface area contributed by atoms with Crippen molar-refractivity contribution in [2.75, 3.05) is 13.1 Å². The number of carbonyl (C=O) groups excluding carboxylic acids is 3. The Morgan fingerprint density at radius 3 is 2.41 bits per heavy atom. The molecule has 2 fully saturated rings. The molecule has 2 heterocycles. The number of amides is 4. The Bertz CT molecular complexity index is 762. The lowest BCUT2D eigenvalue weighted by molar-refractivity contribution is -0.131. The summed E-state index contributed by atoms with van der Waals surface area (Å²) >= 11 is 0. The molecule has 4 amide bonds. The number of hydrogen-bond donors (Lipinski definition) is 1. The highest BCUT2D eigenvalue weighted by atomic mass is 16.6. The number of likely N-dealkylation sites (tertiary alicyclic amines) is 1. The molecule has 0 bridgehead atoms. The lowest BCUT2D eigenvalue weighted by Crippen LogP contribution is -2.56. The van der Waals surface area contributed by atoms with Crippen LogP contribution in [0.15, 0.2) is 36.6 Å². The van der Waals surface area contributed by atoms with Crippen LogP contribution in [-0.2, 0) is 9.53 Å². The summed E-state index contributed by atoms with van der Waals surface area (Å²) in [5.74, 6) is -0.458. The molecule has 8 heteroatoms. The molecule has 2 rings (SSSR count). The highest BCUT2D eigenvalue weighted by Crippen LogP contribution is 2.33. The van der Waals surface area contributed by atoms with Crippen LogP contribution in [0.25, 0.3) is 0 Å². The number of nitriles is 1. The number of nitrogens with zero attached hydrogens (tertiary/aromatic N) is 3. The summed E-state index contributed by atoms with van der Waals surface area (Å²) in [7, 11) is 0. The van der Waals surface area contributed by atoms with E-state index in [0.29, 0.717) is 0 Å². The number of allylic oxidation sites excluding steroid dienone is 3. The van der Waals surface area contributed by atoms with Gasteiger partial charge in [-0.15, -0.1) is 0 Å². The monoisotopic (exact) mass is 372 g/mol. The standard InChI is InChI=1S/C19H24N4O4/c1-6-7-14(13(2)12-20)23-15(24)19(21-16(23)25)8-10-22(11-9-19)17(26)27-18(3,4)5/h6-7H,1-2,8-11H2,3-5H3,(H,21,25)/b14-7+. The molecule has 144 valence electrons. The van der Waals surface area contributed by atoms with Crippen molar-refractivity contribution in [2.45, 2.75) is 44.8 Å². The van der Waals surface area contributed by atoms with Gasteiger partial charge in [-0.2, -0.15) is 5.26 Å². The van der Waals surface area contributed by atoms with Gasteiger partial charge in [0, 0.05) is 13.1 Å². The second-order valence-corrected chi connectivity index (χ2v) is 7.50. The van der Waals surface area contributed by atoms with Crippen LogP contribution in [0.2, 0.25) is 0 Å². The predicted octanol–water partition coefficient (Wildman–Crippen LogP) is 2.46. The molecule has 0 radical (unpaired) electrons. The van der Waals surface area contributed by atoms with Crippen LogP contribution in [0.4, 0.5) is 9.59 Å². The minimum absolute atomic E-state index is 0.0124. The van der Waals surface area contributed by atoms with Crippen molar-refractivity contribution in [1.82, 2.24) is 15.1 Å². The Hall–Kier alpha value is -3.08. The molecular weight excluding hydrogens is 348 g/mol. The molecule has 1 N–H and O–H groups in total. The maximum atomic E-state index is 13.0. The van der Waals surface area contributed by atoms with Gasteiger partial charge in [-0.25, -0.2) is 14.5 Å². The van der Waals surface area contributed by atoms with Gasteiger partial charge in [-0.3, -0.25) is 4.79 Å². The summed E-state index contributed by atoms with van der Waals surface area (Å²) in [5.41, 5.74) is -1.63. The molecule has 27 heavy (non-hydrogen) atoms. The van der Waals surface area contributed by atoms with Crippen LogP contribution in [0.3, 0.4) is 0 Å². The predicted molar refractivity (Wildman–Crippen MR) is 98.2 cm³/mol. The number of piperidine rings is 1. The largest absolute Gasteiger partial charge is 0.444 e. The second kappa shape index (κ2) is 7.27. The van der Waals surface area contributed by atoms with Gasteiger partial charge in [0.25, 0.3) is 5.91 Å². The number of nitrogens with one attached hydrogen (secondary N) is 1. The zero-order chi connectivity index (χ0) is 20.4. The van der Waals surface area contributed by atoms with E-state index in [1.807, 2.05) is 6.07 Å². The fourth-order valence-corrected chi connectivity index (χ4v) is 3.05. The number of hydrogen-bond acceptors (Lipinski definition) is 5. The molecule has 2 aliphatic heterocycles. The fraction of sp³-hybridized carbons (Fsp3) is 0.474. The van der Waals surface area contributed by atoms with Gasteiger partial charge in [0.1, 0.15) is 17.2 Å². The van der Waals surface area contributed by atoms with Gasteiger partial charge < -0.3 is 15.0 Å². The van der Waals surface area contributed by atoms with E-state index in [1.54, 1.807) is 20.8 Å². The summed E-state index contributed by atoms with van der Waals surface area (Å²) in [4.78, 5) is 40.1. The highest BCUT2D eigenvalue weighted by molar-refractivity contribution is 6.09. The molecule has 0 aromatic rings. The number of urea groups is 1. The number of carbonyl (C=O) groups is 3. The first-order valence-corrected chi connectivity index (χ1v) is 8.61. The number of ether oxygens (including phenoxy) is 1. The van der Waals surface area contributed by atoms with E-state index in [1.165, 1.54) is 17.1 Å². The fourth-order valence-electron chi connectivity index (χ4n) is 3.05. The summed E-state index contributed by atoms with van der Waals surface area (Å²) in [6.07, 6.45) is 2.85. The van der Waals surface area contributed by atoms with Gasteiger partial charge in [-0.05, 0) is 39.7 Å². The van der Waals surface area contributed by atoms with Crippen molar-refractivity contribution in [2.24, 2.45) is 0 Å². The van der Waals surface area contributed by atoms with Crippen molar-refractivity contribution in [3.63, 3.8) is 0 Å². The van der Waals surface area contributed by atoms with Crippen molar-refractivity contribution < 1.29 is 19.1 Å². The summed E-state index contributed by atoms with van der Waals surface area (Å²) in [6.45, 7) is 13.0. The molecule has 2 saturated heterocycles. The molecule has 0 aromatic heterocycles. The third kappa shape index (κ3) is 4.03. The van der Waals surface area contributed by atoms with E-state index in [4.69, 9.17) is 10.00 Å². The zero-order valence-corrected chi connectivity index (χ0v) is 15.9. The van der Waals surface area contributed by atoms with E-state index in [9.17, 15) is 14.4 Å². The Balaban J connectivity index is 2.17. The molecular formula is C19H24N4O4. The van der Waals surface area contributed by atoms with Crippen LogP contribution in [0.1, 0.15) is 33.6 Å². The second-order valence-electron chi connectivity index (χ2n) is 7.50. The van der Waals surface area contributed by atoms with Crippen LogP contribution in [0.5, 0.6) is 0 Å². The number of rotatable bonds is 3. The Morgan fingerprint density at radius 2 is 1.93 bits per heavy atom. The molecule has 0 aliphatic carbocycles. The highest BCUT2D eigenvalue weighted by Gasteiger charge is 2.54. The smallest absolute Gasteiger partial charge is 0.410 e. The van der Waals surface area contributed by atoms with E-state index >= 15 is 0 Å². The quantitative estimate of drug-likeness (QED) is 0.466. The van der Waals surface area contributed by atoms with E-state index < -0.39 is 29.2 Å². The van der Waals surface area contributed by atoms with Crippen molar-refractivity contribution in [3.05, 3.63) is 36.6 Å². The summed E-state index contributed by atoms with van der Waals surface area (Å²) < 4.78 is 5.35. The van der Waals surface area contributed by atoms with Crippen LogP contribution in [-0.4, -0.2) is 52.1 Å². The van der Waals surface area contributed by atoms with Crippen LogP contribution in [0, 0.1) is 11.3 Å². The van der Waals surface area contributed by atoms with Crippen LogP contribution >= 0.6 is 0 Å². The average Bonchev–Trinajstić information content (AvgIpc) is 2.81. The Labute approximate surface area is 158 Å². The normalized spacial score (nSPS) is 19.6. The molecule has 0 unspecified atom stereocenters. The van der Waals surface area contributed by atoms with Gasteiger partial charge >= 0.3 is 12.1 Å². The first kappa shape index (κ1) is 20.2. The molecule has 0 saturated carbocycles. The zero-order valence-electron chi connectivity index (χ0n) is 15.9. The van der Waals surface area contributed by atoms with Gasteiger partial charge in [0.15, 0.2) is 0 Å². The van der Waals surface area contributed by atoms with Gasteiger partial charge in [0.2, 0.25) is 0 Å². The van der Waals surface area contributed by atoms with E-state index in [-0.39, 0.29) is 37.2 Å².